The third kappa shape index (κ3) is 5.37. The highest BCUT2D eigenvalue weighted by atomic mass is 16.5. The number of H-pyrrole nitrogens is 1. The molecule has 2 aromatic heterocycles. The zero-order valence-corrected chi connectivity index (χ0v) is 26.2. The molecule has 232 valence electrons. The molecule has 1 aliphatic carbocycles. The molecular formula is C37H40N4O4. The Hall–Kier alpha value is -4.56. The van der Waals surface area contributed by atoms with E-state index >= 15 is 0 Å². The molecule has 1 saturated carbocycles. The van der Waals surface area contributed by atoms with Gasteiger partial charge in [-0.15, -0.1) is 0 Å². The van der Waals surface area contributed by atoms with Crippen molar-refractivity contribution >= 4 is 16.8 Å². The van der Waals surface area contributed by atoms with E-state index in [1.165, 1.54) is 48.7 Å². The van der Waals surface area contributed by atoms with Crippen molar-refractivity contribution in [3.05, 3.63) is 89.4 Å². The van der Waals surface area contributed by atoms with Crippen LogP contribution in [-0.4, -0.2) is 39.3 Å². The number of nitrogens with zero attached hydrogens (tertiary/aromatic N) is 2. The fourth-order valence-electron chi connectivity index (χ4n) is 7.03. The summed E-state index contributed by atoms with van der Waals surface area (Å²) >= 11 is 0. The number of nitrogens with one attached hydrogen (secondary N) is 2. The highest BCUT2D eigenvalue weighted by molar-refractivity contribution is 6.01. The topological polar surface area (TPSA) is 101 Å². The van der Waals surface area contributed by atoms with Crippen molar-refractivity contribution in [2.24, 2.45) is 0 Å². The Morgan fingerprint density at radius 2 is 1.89 bits per heavy atom. The molecule has 7 rings (SSSR count). The van der Waals surface area contributed by atoms with Crippen molar-refractivity contribution in [2.45, 2.75) is 70.6 Å². The van der Waals surface area contributed by atoms with E-state index in [2.05, 4.69) is 32.0 Å². The van der Waals surface area contributed by atoms with E-state index in [1.54, 1.807) is 13.3 Å². The van der Waals surface area contributed by atoms with Gasteiger partial charge >= 0.3 is 0 Å². The number of carbonyl (C=O) groups excluding carboxylic acids is 1. The summed E-state index contributed by atoms with van der Waals surface area (Å²) in [5.41, 5.74) is 7.26. The Bertz CT molecular complexity index is 1860. The summed E-state index contributed by atoms with van der Waals surface area (Å²) in [7, 11) is 1.68. The standard InChI is InChI=1S/C37H40N4O4/c1-37(2,36-38-21-30(39-36)24-11-9-23(22-42)10-12-24)40-35(43)26-13-15-28-31(19-26)41-17-18-45-32-20-27(44-3)14-16-29(32)34(41)33(28)25-7-5-4-6-8-25/h9-16,19-21,25,42H,4-8,17-18,22H2,1-3H3,(H,38,39)(H,40,43). The highest BCUT2D eigenvalue weighted by Gasteiger charge is 2.31. The van der Waals surface area contributed by atoms with E-state index in [4.69, 9.17) is 9.47 Å². The molecule has 0 saturated heterocycles. The first kappa shape index (κ1) is 29.2. The van der Waals surface area contributed by atoms with Crippen LogP contribution >= 0.6 is 0 Å². The number of aromatic nitrogens is 3. The van der Waals surface area contributed by atoms with Gasteiger partial charge in [-0.25, -0.2) is 4.98 Å². The number of rotatable bonds is 7. The number of amides is 1. The Morgan fingerprint density at radius 3 is 2.64 bits per heavy atom. The SMILES string of the molecule is COc1ccc2c(c1)OCCn1c-2c(C2CCCCC2)c2ccc(C(=O)NC(C)(C)c3ncc(-c4ccc(CO)cc4)[nH]3)cc21. The first-order chi connectivity index (χ1) is 21.9. The Kier molecular flexibility index (Phi) is 7.61. The molecule has 1 amide bonds. The lowest BCUT2D eigenvalue weighted by atomic mass is 9.81. The average molecular weight is 605 g/mol. The average Bonchev–Trinajstić information content (AvgIpc) is 3.64. The lowest BCUT2D eigenvalue weighted by Gasteiger charge is -2.24. The second kappa shape index (κ2) is 11.7. The molecule has 5 aromatic rings. The van der Waals surface area contributed by atoms with Crippen LogP contribution in [0.5, 0.6) is 11.5 Å². The maximum atomic E-state index is 13.8. The molecule has 0 bridgehead atoms. The number of imidazole rings is 1. The van der Waals surface area contributed by atoms with Crippen molar-refractivity contribution in [2.75, 3.05) is 13.7 Å². The fraction of sp³-hybridized carbons (Fsp3) is 0.351. The zero-order chi connectivity index (χ0) is 31.1. The number of hydrogen-bond donors (Lipinski definition) is 3. The van der Waals surface area contributed by atoms with Crippen LogP contribution in [0.1, 0.15) is 79.2 Å². The van der Waals surface area contributed by atoms with Crippen molar-refractivity contribution < 1.29 is 19.4 Å². The Balaban J connectivity index is 1.24. The Labute approximate surface area is 263 Å². The number of benzene rings is 3. The quantitative estimate of drug-likeness (QED) is 0.181. The van der Waals surface area contributed by atoms with Gasteiger partial charge in [-0.3, -0.25) is 4.79 Å². The second-order valence-electron chi connectivity index (χ2n) is 12.8. The van der Waals surface area contributed by atoms with Gasteiger partial charge in [0.1, 0.15) is 23.9 Å². The second-order valence-corrected chi connectivity index (χ2v) is 12.8. The lowest BCUT2D eigenvalue weighted by molar-refractivity contribution is 0.0909. The van der Waals surface area contributed by atoms with Crippen LogP contribution in [0.3, 0.4) is 0 Å². The maximum Gasteiger partial charge on any atom is 0.252 e. The summed E-state index contributed by atoms with van der Waals surface area (Å²) in [5, 5.41) is 13.8. The molecule has 8 heteroatoms. The molecule has 45 heavy (non-hydrogen) atoms. The molecular weight excluding hydrogens is 564 g/mol. The number of aliphatic hydroxyl groups excluding tert-OH is 1. The fourth-order valence-corrected chi connectivity index (χ4v) is 7.03. The van der Waals surface area contributed by atoms with Crippen LogP contribution in [0.2, 0.25) is 0 Å². The predicted octanol–water partition coefficient (Wildman–Crippen LogP) is 7.30. The lowest BCUT2D eigenvalue weighted by Crippen LogP contribution is -2.41. The van der Waals surface area contributed by atoms with E-state index in [9.17, 15) is 9.90 Å². The number of aliphatic hydroxyl groups is 1. The third-order valence-corrected chi connectivity index (χ3v) is 9.44. The van der Waals surface area contributed by atoms with E-state index in [0.29, 0.717) is 30.5 Å². The summed E-state index contributed by atoms with van der Waals surface area (Å²) in [6.45, 7) is 5.14. The highest BCUT2D eigenvalue weighted by Crippen LogP contribution is 2.47. The van der Waals surface area contributed by atoms with Crippen LogP contribution in [0.4, 0.5) is 0 Å². The van der Waals surface area contributed by atoms with Gasteiger partial charge in [-0.2, -0.15) is 0 Å². The minimum Gasteiger partial charge on any atom is -0.497 e. The predicted molar refractivity (Wildman–Crippen MR) is 176 cm³/mol. The van der Waals surface area contributed by atoms with Crippen LogP contribution in [0.25, 0.3) is 33.4 Å². The van der Waals surface area contributed by atoms with Gasteiger partial charge in [-0.1, -0.05) is 49.6 Å². The number of aromatic amines is 1. The molecule has 8 nitrogen and oxygen atoms in total. The number of ether oxygens (including phenoxy) is 2. The number of carbonyl (C=O) groups is 1. The van der Waals surface area contributed by atoms with Gasteiger partial charge in [0.2, 0.25) is 0 Å². The summed E-state index contributed by atoms with van der Waals surface area (Å²) < 4.78 is 14.1. The smallest absolute Gasteiger partial charge is 0.252 e. The largest absolute Gasteiger partial charge is 0.497 e. The maximum absolute atomic E-state index is 13.8. The van der Waals surface area contributed by atoms with E-state index in [-0.39, 0.29) is 12.5 Å². The Morgan fingerprint density at radius 1 is 1.09 bits per heavy atom. The van der Waals surface area contributed by atoms with Crippen LogP contribution in [0.15, 0.2) is 66.9 Å². The summed E-state index contributed by atoms with van der Waals surface area (Å²) in [5.74, 6) is 2.60. The van der Waals surface area contributed by atoms with Gasteiger partial charge < -0.3 is 29.4 Å². The molecule has 0 radical (unpaired) electrons. The summed E-state index contributed by atoms with van der Waals surface area (Å²) in [6.07, 6.45) is 7.88. The normalized spacial score (nSPS) is 15.2. The van der Waals surface area contributed by atoms with Gasteiger partial charge in [0, 0.05) is 28.1 Å². The molecule has 2 aliphatic rings. The van der Waals surface area contributed by atoms with E-state index in [1.807, 2.05) is 62.4 Å². The van der Waals surface area contributed by atoms with Crippen molar-refractivity contribution in [1.29, 1.82) is 0 Å². The zero-order valence-electron chi connectivity index (χ0n) is 26.2. The number of fused-ring (bicyclic) bond motifs is 5. The molecule has 0 spiro atoms. The number of methoxy groups -OCH3 is 1. The van der Waals surface area contributed by atoms with E-state index < -0.39 is 5.54 Å². The van der Waals surface area contributed by atoms with E-state index in [0.717, 1.165) is 39.4 Å². The van der Waals surface area contributed by atoms with Gasteiger partial charge in [0.05, 0.1) is 43.4 Å². The monoisotopic (exact) mass is 604 g/mol. The molecule has 0 atom stereocenters. The van der Waals surface area contributed by atoms with Crippen molar-refractivity contribution in [1.82, 2.24) is 19.9 Å². The summed E-state index contributed by atoms with van der Waals surface area (Å²) in [4.78, 5) is 21.8. The molecule has 3 aromatic carbocycles. The molecule has 1 aliphatic heterocycles. The first-order valence-electron chi connectivity index (χ1n) is 15.9. The minimum atomic E-state index is -0.746. The van der Waals surface area contributed by atoms with Crippen LogP contribution < -0.4 is 14.8 Å². The van der Waals surface area contributed by atoms with Crippen molar-refractivity contribution in [3.63, 3.8) is 0 Å². The molecule has 1 fully saturated rings. The molecule has 3 heterocycles. The minimum absolute atomic E-state index is 0.00356. The van der Waals surface area contributed by atoms with Crippen LogP contribution in [0, 0.1) is 0 Å². The molecule has 0 unspecified atom stereocenters. The van der Waals surface area contributed by atoms with Crippen molar-refractivity contribution in [3.8, 4) is 34.0 Å². The van der Waals surface area contributed by atoms with Gasteiger partial charge in [0.25, 0.3) is 5.91 Å². The summed E-state index contributed by atoms with van der Waals surface area (Å²) in [6, 6.07) is 19.9. The van der Waals surface area contributed by atoms with Crippen LogP contribution in [-0.2, 0) is 18.7 Å². The van der Waals surface area contributed by atoms with Gasteiger partial charge in [-0.05, 0) is 73.6 Å². The molecule has 3 N–H and O–H groups in total. The first-order valence-corrected chi connectivity index (χ1v) is 15.9. The third-order valence-electron chi connectivity index (χ3n) is 9.44. The van der Waals surface area contributed by atoms with Gasteiger partial charge in [0.15, 0.2) is 0 Å². The number of hydrogen-bond acceptors (Lipinski definition) is 5.